The fourth-order valence-corrected chi connectivity index (χ4v) is 0.775. The molecule has 74 valence electrons. The lowest BCUT2D eigenvalue weighted by Crippen LogP contribution is -2.30. The van der Waals surface area contributed by atoms with Crippen LogP contribution in [0.3, 0.4) is 0 Å². The molecule has 0 saturated carbocycles. The Balaban J connectivity index is 2.80. The minimum absolute atomic E-state index is 0.224. The Bertz CT molecular complexity index is 364. The minimum atomic E-state index is -0.903. The van der Waals surface area contributed by atoms with E-state index < -0.39 is 12.0 Å². The van der Waals surface area contributed by atoms with Gasteiger partial charge in [-0.05, 0) is 12.1 Å². The van der Waals surface area contributed by atoms with Crippen LogP contribution in [0.25, 0.3) is 0 Å². The summed E-state index contributed by atoms with van der Waals surface area (Å²) >= 11 is 0. The zero-order chi connectivity index (χ0) is 10.6. The van der Waals surface area contributed by atoms with Crippen LogP contribution in [0.2, 0.25) is 0 Å². The fourth-order valence-electron chi connectivity index (χ4n) is 0.775. The molecule has 0 atom stereocenters. The van der Waals surface area contributed by atoms with Crippen LogP contribution in [0, 0.1) is 0 Å². The summed E-state index contributed by atoms with van der Waals surface area (Å²) in [6.45, 7) is 0. The predicted molar refractivity (Wildman–Crippen MR) is 45.8 cm³/mol. The van der Waals surface area contributed by atoms with Gasteiger partial charge < -0.3 is 9.84 Å². The smallest absolute Gasteiger partial charge is 0.413 e. The molecule has 0 fully saturated rings. The summed E-state index contributed by atoms with van der Waals surface area (Å²) in [6, 6.07) is 2.75. The number of nitrogens with zero attached hydrogens (tertiary/aromatic N) is 1. The van der Waals surface area contributed by atoms with Crippen LogP contribution in [0.4, 0.5) is 4.79 Å². The van der Waals surface area contributed by atoms with Gasteiger partial charge in [-0.25, -0.2) is 9.78 Å². The number of hydrogen-bond acceptors (Lipinski definition) is 5. The van der Waals surface area contributed by atoms with Crippen LogP contribution < -0.4 is 5.32 Å². The number of carbonyl (C=O) groups is 2. The van der Waals surface area contributed by atoms with Gasteiger partial charge >= 0.3 is 6.09 Å². The molecule has 0 aliphatic carbocycles. The second-order valence-corrected chi connectivity index (χ2v) is 2.32. The molecule has 0 bridgehead atoms. The van der Waals surface area contributed by atoms with Crippen molar-refractivity contribution in [2.45, 2.75) is 0 Å². The number of aromatic hydroxyl groups is 1. The van der Waals surface area contributed by atoms with Crippen molar-refractivity contribution in [3.8, 4) is 5.75 Å². The summed E-state index contributed by atoms with van der Waals surface area (Å²) in [4.78, 5) is 25.4. The summed E-state index contributed by atoms with van der Waals surface area (Å²) in [5.74, 6) is -1.11. The molecule has 0 aromatic carbocycles. The van der Waals surface area contributed by atoms with Crippen LogP contribution in [-0.4, -0.2) is 29.2 Å². The summed E-state index contributed by atoms with van der Waals surface area (Å²) in [5, 5.41) is 11.1. The molecule has 6 heteroatoms. The third kappa shape index (κ3) is 2.19. The fraction of sp³-hybridized carbons (Fsp3) is 0.125. The van der Waals surface area contributed by atoms with Gasteiger partial charge in [0, 0.05) is 6.20 Å². The molecule has 0 aliphatic heterocycles. The van der Waals surface area contributed by atoms with Gasteiger partial charge in [-0.1, -0.05) is 0 Å². The number of ether oxygens (including phenoxy) is 1. The van der Waals surface area contributed by atoms with Crippen molar-refractivity contribution in [1.29, 1.82) is 0 Å². The molecule has 6 nitrogen and oxygen atoms in total. The molecule has 2 amide bonds. The molecule has 1 rings (SSSR count). The van der Waals surface area contributed by atoms with Crippen LogP contribution >= 0.6 is 0 Å². The lowest BCUT2D eigenvalue weighted by atomic mass is 10.3. The molecule has 14 heavy (non-hydrogen) atoms. The maximum Gasteiger partial charge on any atom is 0.413 e. The van der Waals surface area contributed by atoms with Crippen LogP contribution in [0.5, 0.6) is 5.75 Å². The first kappa shape index (κ1) is 9.97. The lowest BCUT2D eigenvalue weighted by molar-refractivity contribution is 0.0929. The molecule has 1 aromatic heterocycles. The number of amides is 2. The van der Waals surface area contributed by atoms with Crippen molar-refractivity contribution in [3.63, 3.8) is 0 Å². The van der Waals surface area contributed by atoms with E-state index >= 15 is 0 Å². The average molecular weight is 196 g/mol. The first-order valence-electron chi connectivity index (χ1n) is 3.68. The topological polar surface area (TPSA) is 88.5 Å². The zero-order valence-electron chi connectivity index (χ0n) is 7.35. The van der Waals surface area contributed by atoms with Gasteiger partial charge in [0.25, 0.3) is 5.91 Å². The summed E-state index contributed by atoms with van der Waals surface area (Å²) < 4.78 is 4.20. The van der Waals surface area contributed by atoms with Crippen LogP contribution in [-0.2, 0) is 4.74 Å². The Morgan fingerprint density at radius 1 is 1.57 bits per heavy atom. The molecule has 1 heterocycles. The summed E-state index contributed by atoms with van der Waals surface area (Å²) in [7, 11) is 1.13. The molecular weight excluding hydrogens is 188 g/mol. The molecule has 0 radical (unpaired) electrons. The number of rotatable bonds is 1. The normalized spacial score (nSPS) is 9.21. The maximum atomic E-state index is 11.2. The predicted octanol–water partition coefficient (Wildman–Crippen LogP) is 0.283. The second kappa shape index (κ2) is 4.22. The lowest BCUT2D eigenvalue weighted by Gasteiger charge is -2.02. The molecular formula is C8H8N2O4. The number of hydrogen-bond donors (Lipinski definition) is 2. The van der Waals surface area contributed by atoms with Crippen molar-refractivity contribution in [1.82, 2.24) is 10.3 Å². The Hall–Kier alpha value is -2.11. The van der Waals surface area contributed by atoms with Gasteiger partial charge in [0.15, 0.2) is 5.69 Å². The number of imide groups is 1. The molecule has 0 aliphatic rings. The van der Waals surface area contributed by atoms with E-state index in [-0.39, 0.29) is 11.4 Å². The first-order chi connectivity index (χ1) is 6.65. The number of aromatic nitrogens is 1. The SMILES string of the molecule is COC(=O)NC(=O)c1ncccc1O. The monoisotopic (exact) mass is 196 g/mol. The van der Waals surface area contributed by atoms with Crippen molar-refractivity contribution < 1.29 is 19.4 Å². The number of alkyl carbamates (subject to hydrolysis) is 1. The Labute approximate surface area is 79.5 Å². The first-order valence-corrected chi connectivity index (χ1v) is 3.68. The van der Waals surface area contributed by atoms with E-state index in [4.69, 9.17) is 0 Å². The van der Waals surface area contributed by atoms with Crippen LogP contribution in [0.15, 0.2) is 18.3 Å². The van der Waals surface area contributed by atoms with Crippen LogP contribution in [0.1, 0.15) is 10.5 Å². The zero-order valence-corrected chi connectivity index (χ0v) is 7.35. The second-order valence-electron chi connectivity index (χ2n) is 2.32. The summed E-state index contributed by atoms with van der Waals surface area (Å²) in [6.07, 6.45) is 0.423. The molecule has 2 N–H and O–H groups in total. The van der Waals surface area contributed by atoms with Gasteiger partial charge in [-0.15, -0.1) is 0 Å². The highest BCUT2D eigenvalue weighted by atomic mass is 16.5. The van der Waals surface area contributed by atoms with Crippen molar-refractivity contribution in [2.75, 3.05) is 7.11 Å². The van der Waals surface area contributed by atoms with Gasteiger partial charge in [-0.2, -0.15) is 0 Å². The van der Waals surface area contributed by atoms with Gasteiger partial charge in [0.05, 0.1) is 7.11 Å². The van der Waals surface area contributed by atoms with E-state index in [1.54, 1.807) is 0 Å². The van der Waals surface area contributed by atoms with Crippen molar-refractivity contribution in [2.24, 2.45) is 0 Å². The van der Waals surface area contributed by atoms with E-state index in [0.717, 1.165) is 7.11 Å². The van der Waals surface area contributed by atoms with E-state index in [0.29, 0.717) is 0 Å². The number of pyridine rings is 1. The summed E-state index contributed by atoms with van der Waals surface area (Å²) in [5.41, 5.74) is -0.224. The highest BCUT2D eigenvalue weighted by molar-refractivity contribution is 6.03. The third-order valence-electron chi connectivity index (χ3n) is 1.40. The van der Waals surface area contributed by atoms with E-state index in [2.05, 4.69) is 9.72 Å². The van der Waals surface area contributed by atoms with Gasteiger partial charge in [0.1, 0.15) is 5.75 Å². The van der Waals surface area contributed by atoms with E-state index in [1.165, 1.54) is 18.3 Å². The van der Waals surface area contributed by atoms with Gasteiger partial charge in [-0.3, -0.25) is 10.1 Å². The van der Waals surface area contributed by atoms with Crippen molar-refractivity contribution in [3.05, 3.63) is 24.0 Å². The highest BCUT2D eigenvalue weighted by Crippen LogP contribution is 2.11. The molecule has 0 spiro atoms. The molecule has 0 saturated heterocycles. The molecule has 1 aromatic rings. The Morgan fingerprint density at radius 3 is 2.86 bits per heavy atom. The average Bonchev–Trinajstić information content (AvgIpc) is 2.18. The maximum absolute atomic E-state index is 11.2. The highest BCUT2D eigenvalue weighted by Gasteiger charge is 2.14. The van der Waals surface area contributed by atoms with Crippen molar-refractivity contribution >= 4 is 12.0 Å². The standard InChI is InChI=1S/C8H8N2O4/c1-14-8(13)10-7(12)6-5(11)3-2-4-9-6/h2-4,11H,1H3,(H,10,12,13). The largest absolute Gasteiger partial charge is 0.505 e. The van der Waals surface area contributed by atoms with E-state index in [9.17, 15) is 14.7 Å². The quantitative estimate of drug-likeness (QED) is 0.673. The number of methoxy groups -OCH3 is 1. The van der Waals surface area contributed by atoms with E-state index in [1.807, 2.05) is 5.32 Å². The Kier molecular flexibility index (Phi) is 3.01. The molecule has 0 unspecified atom stereocenters. The number of nitrogens with one attached hydrogen (secondary N) is 1. The van der Waals surface area contributed by atoms with Gasteiger partial charge in [0.2, 0.25) is 0 Å². The Morgan fingerprint density at radius 2 is 2.29 bits per heavy atom. The minimum Gasteiger partial charge on any atom is -0.505 e. The third-order valence-corrected chi connectivity index (χ3v) is 1.40. The number of carbonyl (C=O) groups excluding carboxylic acids is 2.